The molecule has 1 N–H and O–H groups in total. The molecule has 0 atom stereocenters. The number of nitrogens with zero attached hydrogens (tertiary/aromatic N) is 5. The molecule has 6 heteroatoms. The summed E-state index contributed by atoms with van der Waals surface area (Å²) in [5, 5.41) is 3.17. The van der Waals surface area contributed by atoms with Crippen LogP contribution in [0, 0.1) is 0 Å². The summed E-state index contributed by atoms with van der Waals surface area (Å²) < 4.78 is 0. The van der Waals surface area contributed by atoms with Gasteiger partial charge in [0.15, 0.2) is 0 Å². The van der Waals surface area contributed by atoms with E-state index in [2.05, 4.69) is 39.0 Å². The van der Waals surface area contributed by atoms with Gasteiger partial charge in [-0.15, -0.1) is 0 Å². The maximum Gasteiger partial charge on any atom is 0.231 e. The fourth-order valence-corrected chi connectivity index (χ4v) is 1.78. The van der Waals surface area contributed by atoms with Gasteiger partial charge in [0.25, 0.3) is 0 Å². The van der Waals surface area contributed by atoms with Crippen LogP contribution in [-0.4, -0.2) is 48.7 Å². The molecule has 0 spiro atoms. The summed E-state index contributed by atoms with van der Waals surface area (Å²) in [5.41, 5.74) is 0. The minimum Gasteiger partial charge on any atom is -0.354 e. The van der Waals surface area contributed by atoms with Gasteiger partial charge in [0.1, 0.15) is 0 Å². The van der Waals surface area contributed by atoms with Crippen molar-refractivity contribution in [1.82, 2.24) is 15.0 Å². The first-order valence-corrected chi connectivity index (χ1v) is 7.04. The Hall–Kier alpha value is -1.59. The highest BCUT2D eigenvalue weighted by atomic mass is 15.3. The average molecular weight is 266 g/mol. The van der Waals surface area contributed by atoms with Crippen molar-refractivity contribution in [2.24, 2.45) is 0 Å². The zero-order valence-electron chi connectivity index (χ0n) is 12.8. The zero-order valence-corrected chi connectivity index (χ0v) is 12.8. The number of aromatic nitrogens is 3. The Morgan fingerprint density at radius 2 is 1.47 bits per heavy atom. The van der Waals surface area contributed by atoms with Gasteiger partial charge in [-0.1, -0.05) is 13.8 Å². The topological polar surface area (TPSA) is 57.2 Å². The van der Waals surface area contributed by atoms with Gasteiger partial charge in [-0.25, -0.2) is 0 Å². The lowest BCUT2D eigenvalue weighted by Crippen LogP contribution is -2.28. The summed E-state index contributed by atoms with van der Waals surface area (Å²) in [6.45, 7) is 9.11. The Labute approximate surface area is 116 Å². The second-order valence-corrected chi connectivity index (χ2v) is 4.67. The van der Waals surface area contributed by atoms with E-state index >= 15 is 0 Å². The van der Waals surface area contributed by atoms with Crippen LogP contribution in [0.15, 0.2) is 0 Å². The number of nitrogens with one attached hydrogen (secondary N) is 1. The van der Waals surface area contributed by atoms with E-state index in [9.17, 15) is 0 Å². The first-order chi connectivity index (χ1) is 9.12. The van der Waals surface area contributed by atoms with Gasteiger partial charge in [0, 0.05) is 33.7 Å². The summed E-state index contributed by atoms with van der Waals surface area (Å²) in [6, 6.07) is 0. The fourth-order valence-electron chi connectivity index (χ4n) is 1.78. The molecule has 1 heterocycles. The Kier molecular flexibility index (Phi) is 6.32. The molecule has 0 amide bonds. The van der Waals surface area contributed by atoms with Gasteiger partial charge >= 0.3 is 0 Å². The van der Waals surface area contributed by atoms with Crippen molar-refractivity contribution in [1.29, 1.82) is 0 Å². The summed E-state index contributed by atoms with van der Waals surface area (Å²) in [4.78, 5) is 17.6. The quantitative estimate of drug-likeness (QED) is 0.776. The van der Waals surface area contributed by atoms with Crippen molar-refractivity contribution in [3.63, 3.8) is 0 Å². The number of hydrogen-bond donors (Lipinski definition) is 1. The lowest BCUT2D eigenvalue weighted by atomic mass is 10.4. The molecule has 0 fully saturated rings. The number of rotatable bonds is 8. The fraction of sp³-hybridized carbons (Fsp3) is 0.769. The van der Waals surface area contributed by atoms with Crippen LogP contribution in [-0.2, 0) is 0 Å². The Morgan fingerprint density at radius 3 is 1.95 bits per heavy atom. The second-order valence-electron chi connectivity index (χ2n) is 4.67. The lowest BCUT2D eigenvalue weighted by molar-refractivity contribution is 0.716. The molecule has 0 aliphatic heterocycles. The molecular weight excluding hydrogens is 240 g/mol. The van der Waals surface area contributed by atoms with Crippen LogP contribution in [0.2, 0.25) is 0 Å². The van der Waals surface area contributed by atoms with Gasteiger partial charge in [-0.2, -0.15) is 15.0 Å². The Morgan fingerprint density at radius 1 is 0.895 bits per heavy atom. The molecule has 0 unspecified atom stereocenters. The molecule has 108 valence electrons. The summed E-state index contributed by atoms with van der Waals surface area (Å²) >= 11 is 0. The molecule has 19 heavy (non-hydrogen) atoms. The van der Waals surface area contributed by atoms with Crippen molar-refractivity contribution >= 4 is 17.8 Å². The van der Waals surface area contributed by atoms with Crippen molar-refractivity contribution in [2.45, 2.75) is 33.6 Å². The molecule has 0 aliphatic carbocycles. The molecule has 6 nitrogen and oxygen atoms in total. The van der Waals surface area contributed by atoms with Crippen LogP contribution in [0.4, 0.5) is 17.8 Å². The van der Waals surface area contributed by atoms with Crippen LogP contribution >= 0.6 is 0 Å². The van der Waals surface area contributed by atoms with Crippen LogP contribution in [0.3, 0.4) is 0 Å². The molecule has 1 rings (SSSR count). The second kappa shape index (κ2) is 7.76. The number of hydrogen-bond acceptors (Lipinski definition) is 6. The largest absolute Gasteiger partial charge is 0.354 e. The van der Waals surface area contributed by atoms with Crippen LogP contribution in [0.1, 0.15) is 33.6 Å². The molecule has 1 aromatic heterocycles. The maximum atomic E-state index is 4.54. The first-order valence-electron chi connectivity index (χ1n) is 7.04. The highest BCUT2D eigenvalue weighted by Gasteiger charge is 2.13. The molecule has 0 saturated heterocycles. The maximum absolute atomic E-state index is 4.54. The van der Waals surface area contributed by atoms with E-state index in [1.165, 1.54) is 0 Å². The minimum atomic E-state index is 0.647. The average Bonchev–Trinajstić information content (AvgIpc) is 2.38. The third-order valence-corrected chi connectivity index (χ3v) is 2.62. The van der Waals surface area contributed by atoms with Crippen molar-refractivity contribution in [2.75, 3.05) is 48.8 Å². The predicted octanol–water partition coefficient (Wildman–Crippen LogP) is 2.00. The molecule has 0 radical (unpaired) electrons. The van der Waals surface area contributed by atoms with Crippen LogP contribution in [0.5, 0.6) is 0 Å². The normalized spacial score (nSPS) is 10.4. The summed E-state index contributed by atoms with van der Waals surface area (Å²) in [5.74, 6) is 2.10. The van der Waals surface area contributed by atoms with Crippen LogP contribution in [0.25, 0.3) is 0 Å². The molecule has 0 bridgehead atoms. The van der Waals surface area contributed by atoms with E-state index in [1.54, 1.807) is 0 Å². The van der Waals surface area contributed by atoms with Gasteiger partial charge in [0.05, 0.1) is 0 Å². The van der Waals surface area contributed by atoms with E-state index in [4.69, 9.17) is 0 Å². The van der Waals surface area contributed by atoms with Crippen molar-refractivity contribution < 1.29 is 0 Å². The van der Waals surface area contributed by atoms with Gasteiger partial charge in [-0.05, 0) is 19.8 Å². The van der Waals surface area contributed by atoms with Crippen molar-refractivity contribution in [3.8, 4) is 0 Å². The van der Waals surface area contributed by atoms with E-state index in [-0.39, 0.29) is 0 Å². The third-order valence-electron chi connectivity index (χ3n) is 2.62. The zero-order chi connectivity index (χ0) is 14.3. The van der Waals surface area contributed by atoms with E-state index in [0.717, 1.165) is 38.4 Å². The van der Waals surface area contributed by atoms with E-state index in [1.807, 2.05) is 25.9 Å². The smallest absolute Gasteiger partial charge is 0.231 e. The van der Waals surface area contributed by atoms with Gasteiger partial charge in [-0.3, -0.25) is 0 Å². The van der Waals surface area contributed by atoms with Gasteiger partial charge in [0.2, 0.25) is 17.8 Å². The predicted molar refractivity (Wildman–Crippen MR) is 81.1 cm³/mol. The number of anilines is 3. The lowest BCUT2D eigenvalue weighted by Gasteiger charge is -2.23. The molecule has 1 aromatic rings. The third kappa shape index (κ3) is 4.54. The van der Waals surface area contributed by atoms with Gasteiger partial charge < -0.3 is 15.1 Å². The summed E-state index contributed by atoms with van der Waals surface area (Å²) in [6.07, 6.45) is 2.17. The highest BCUT2D eigenvalue weighted by Crippen LogP contribution is 2.15. The monoisotopic (exact) mass is 266 g/mol. The SMILES string of the molecule is CCCN(CCC)c1nc(NCC)nc(N(C)C)n1. The van der Waals surface area contributed by atoms with Crippen LogP contribution < -0.4 is 15.1 Å². The van der Waals surface area contributed by atoms with E-state index < -0.39 is 0 Å². The molecular formula is C13H26N6. The molecule has 0 saturated carbocycles. The Bertz CT molecular complexity index is 373. The summed E-state index contributed by atoms with van der Waals surface area (Å²) in [7, 11) is 3.89. The standard InChI is InChI=1S/C13H26N6/c1-6-9-19(10-7-2)13-16-11(14-8-3)15-12(17-13)18(4)5/h6-10H2,1-5H3,(H,14,15,16,17). The molecule has 0 aromatic carbocycles. The highest BCUT2D eigenvalue weighted by molar-refractivity contribution is 5.44. The minimum absolute atomic E-state index is 0.647. The first kappa shape index (κ1) is 15.5. The van der Waals surface area contributed by atoms with E-state index in [0.29, 0.717) is 11.9 Å². The Balaban J connectivity index is 3.07. The molecule has 0 aliphatic rings. The van der Waals surface area contributed by atoms with Crippen molar-refractivity contribution in [3.05, 3.63) is 0 Å².